The van der Waals surface area contributed by atoms with Crippen molar-refractivity contribution in [2.45, 2.75) is 44.7 Å². The van der Waals surface area contributed by atoms with Gasteiger partial charge in [0.05, 0.1) is 5.02 Å². The zero-order valence-corrected chi connectivity index (χ0v) is 19.8. The highest BCUT2D eigenvalue weighted by Gasteiger charge is 2.29. The zero-order valence-electron chi connectivity index (χ0n) is 18.3. The van der Waals surface area contributed by atoms with Crippen molar-refractivity contribution in [1.29, 1.82) is 0 Å². The molecule has 1 heterocycles. The minimum atomic E-state index is -0.244. The molecule has 0 aliphatic heterocycles. The number of carbonyl (C=O) groups excluding carboxylic acids is 1. The van der Waals surface area contributed by atoms with Crippen LogP contribution in [-0.4, -0.2) is 16.8 Å². The molecule has 0 unspecified atom stereocenters. The Morgan fingerprint density at radius 2 is 1.73 bits per heavy atom. The Balaban J connectivity index is 1.50. The van der Waals surface area contributed by atoms with Crippen LogP contribution in [0.4, 0.5) is 4.39 Å². The van der Waals surface area contributed by atoms with Crippen LogP contribution in [0.3, 0.4) is 0 Å². The molecule has 0 saturated heterocycles. The minimum absolute atomic E-state index is 0.00982. The molecule has 1 saturated carbocycles. The molecule has 1 aromatic heterocycles. The van der Waals surface area contributed by atoms with Gasteiger partial charge in [-0.05, 0) is 42.2 Å². The van der Waals surface area contributed by atoms with E-state index in [1.807, 2.05) is 59.5 Å². The molecule has 2 nitrogen and oxygen atoms in total. The highest BCUT2D eigenvalue weighted by Crippen LogP contribution is 2.37. The Morgan fingerprint density at radius 1 is 0.970 bits per heavy atom. The summed E-state index contributed by atoms with van der Waals surface area (Å²) >= 11 is 8.15. The number of halogens is 2. The SMILES string of the molecule is O=C(c1sc2ccccc2c1Cl)N(Cc1cccc(-c2ccccc2F)c1)C1CCCCC1. The van der Waals surface area contributed by atoms with E-state index >= 15 is 0 Å². The minimum Gasteiger partial charge on any atom is -0.331 e. The fourth-order valence-electron chi connectivity index (χ4n) is 4.77. The lowest BCUT2D eigenvalue weighted by Gasteiger charge is -2.34. The van der Waals surface area contributed by atoms with Crippen molar-refractivity contribution >= 4 is 38.9 Å². The monoisotopic (exact) mass is 477 g/mol. The summed E-state index contributed by atoms with van der Waals surface area (Å²) < 4.78 is 15.4. The Labute approximate surface area is 202 Å². The first kappa shape index (κ1) is 22.1. The van der Waals surface area contributed by atoms with E-state index in [9.17, 15) is 9.18 Å². The molecule has 1 fully saturated rings. The number of hydrogen-bond acceptors (Lipinski definition) is 2. The molecular formula is C28H25ClFNOS. The van der Waals surface area contributed by atoms with Crippen LogP contribution in [0, 0.1) is 5.82 Å². The number of carbonyl (C=O) groups is 1. The maximum absolute atomic E-state index is 14.4. The number of fused-ring (bicyclic) bond motifs is 1. The highest BCUT2D eigenvalue weighted by molar-refractivity contribution is 7.21. The van der Waals surface area contributed by atoms with Crippen LogP contribution < -0.4 is 0 Å². The second-order valence-electron chi connectivity index (χ2n) is 8.65. The normalized spacial score (nSPS) is 14.5. The van der Waals surface area contributed by atoms with Gasteiger partial charge in [0.2, 0.25) is 0 Å². The van der Waals surface area contributed by atoms with Crippen molar-refractivity contribution in [1.82, 2.24) is 4.90 Å². The van der Waals surface area contributed by atoms with Gasteiger partial charge in [0.1, 0.15) is 10.7 Å². The molecule has 1 aliphatic carbocycles. The average molecular weight is 478 g/mol. The topological polar surface area (TPSA) is 20.3 Å². The predicted octanol–water partition coefficient (Wildman–Crippen LogP) is 8.34. The standard InChI is InChI=1S/C28H25ClFNOS/c29-26-23-14-5-7-16-25(23)33-27(26)28(32)31(21-11-2-1-3-12-21)18-19-9-8-10-20(17-19)22-13-4-6-15-24(22)30/h4-10,13-17,21H,1-3,11-12,18H2. The first-order valence-electron chi connectivity index (χ1n) is 11.4. The van der Waals surface area contributed by atoms with Crippen LogP contribution in [0.25, 0.3) is 21.2 Å². The Hall–Kier alpha value is -2.69. The van der Waals surface area contributed by atoms with E-state index in [0.717, 1.165) is 46.9 Å². The largest absolute Gasteiger partial charge is 0.331 e. The van der Waals surface area contributed by atoms with Crippen molar-refractivity contribution < 1.29 is 9.18 Å². The second kappa shape index (κ2) is 9.66. The van der Waals surface area contributed by atoms with Gasteiger partial charge in [-0.1, -0.05) is 85.5 Å². The Bertz CT molecular complexity index is 1290. The maximum Gasteiger partial charge on any atom is 0.266 e. The highest BCUT2D eigenvalue weighted by atomic mass is 35.5. The molecule has 0 spiro atoms. The smallest absolute Gasteiger partial charge is 0.266 e. The number of thiophene rings is 1. The third kappa shape index (κ3) is 4.55. The number of benzene rings is 3. The molecule has 3 aromatic carbocycles. The average Bonchev–Trinajstić information content (AvgIpc) is 3.20. The van der Waals surface area contributed by atoms with Gasteiger partial charge in [0.15, 0.2) is 0 Å². The number of nitrogens with zero attached hydrogens (tertiary/aromatic N) is 1. The van der Waals surface area contributed by atoms with Crippen LogP contribution in [0.2, 0.25) is 5.02 Å². The molecule has 168 valence electrons. The third-order valence-corrected chi connectivity index (χ3v) is 8.13. The lowest BCUT2D eigenvalue weighted by atomic mass is 9.93. The molecule has 0 bridgehead atoms. The lowest BCUT2D eigenvalue weighted by molar-refractivity contribution is 0.0619. The summed E-state index contributed by atoms with van der Waals surface area (Å²) in [5, 5.41) is 1.47. The van der Waals surface area contributed by atoms with E-state index in [-0.39, 0.29) is 17.8 Å². The van der Waals surface area contributed by atoms with Crippen molar-refractivity contribution in [2.75, 3.05) is 0 Å². The predicted molar refractivity (Wildman–Crippen MR) is 135 cm³/mol. The van der Waals surface area contributed by atoms with Gasteiger partial charge in [-0.2, -0.15) is 0 Å². The van der Waals surface area contributed by atoms with Gasteiger partial charge in [0, 0.05) is 28.2 Å². The van der Waals surface area contributed by atoms with E-state index in [0.29, 0.717) is 22.0 Å². The quantitative estimate of drug-likeness (QED) is 0.283. The summed E-state index contributed by atoms with van der Waals surface area (Å²) in [6.45, 7) is 0.483. The number of hydrogen-bond donors (Lipinski definition) is 0. The molecule has 4 aromatic rings. The van der Waals surface area contributed by atoms with Gasteiger partial charge in [-0.3, -0.25) is 4.79 Å². The molecule has 0 N–H and O–H groups in total. The summed E-state index contributed by atoms with van der Waals surface area (Å²) in [5.41, 5.74) is 2.39. The fraction of sp³-hybridized carbons (Fsp3) is 0.250. The van der Waals surface area contributed by atoms with E-state index in [1.54, 1.807) is 12.1 Å². The molecule has 0 atom stereocenters. The summed E-state index contributed by atoms with van der Waals surface area (Å²) in [6.07, 6.45) is 5.47. The molecule has 5 rings (SSSR count). The van der Waals surface area contributed by atoms with Gasteiger partial charge in [-0.15, -0.1) is 11.3 Å². The van der Waals surface area contributed by atoms with Crippen LogP contribution >= 0.6 is 22.9 Å². The third-order valence-electron chi connectivity index (χ3n) is 6.47. The first-order chi connectivity index (χ1) is 16.1. The Morgan fingerprint density at radius 3 is 2.52 bits per heavy atom. The molecule has 33 heavy (non-hydrogen) atoms. The number of rotatable bonds is 5. The zero-order chi connectivity index (χ0) is 22.8. The van der Waals surface area contributed by atoms with Crippen LogP contribution in [-0.2, 0) is 6.54 Å². The summed E-state index contributed by atoms with van der Waals surface area (Å²) in [7, 11) is 0. The van der Waals surface area contributed by atoms with E-state index in [2.05, 4.69) is 0 Å². The lowest BCUT2D eigenvalue weighted by Crippen LogP contribution is -2.40. The fourth-order valence-corrected chi connectivity index (χ4v) is 6.24. The molecule has 5 heteroatoms. The second-order valence-corrected chi connectivity index (χ2v) is 10.1. The summed E-state index contributed by atoms with van der Waals surface area (Å²) in [4.78, 5) is 16.4. The van der Waals surface area contributed by atoms with Crippen molar-refractivity contribution in [3.8, 4) is 11.1 Å². The first-order valence-corrected chi connectivity index (χ1v) is 12.6. The van der Waals surface area contributed by atoms with E-state index < -0.39 is 0 Å². The Kier molecular flexibility index (Phi) is 6.48. The van der Waals surface area contributed by atoms with Crippen LogP contribution in [0.15, 0.2) is 72.8 Å². The van der Waals surface area contributed by atoms with Gasteiger partial charge in [0.25, 0.3) is 5.91 Å². The van der Waals surface area contributed by atoms with Gasteiger partial charge >= 0.3 is 0 Å². The molecule has 1 amide bonds. The maximum atomic E-state index is 14.4. The van der Waals surface area contributed by atoms with E-state index in [4.69, 9.17) is 11.6 Å². The van der Waals surface area contributed by atoms with Crippen LogP contribution in [0.5, 0.6) is 0 Å². The van der Waals surface area contributed by atoms with Gasteiger partial charge < -0.3 is 4.90 Å². The van der Waals surface area contributed by atoms with Gasteiger partial charge in [-0.25, -0.2) is 4.39 Å². The van der Waals surface area contributed by atoms with Crippen molar-refractivity contribution in [3.05, 3.63) is 94.1 Å². The summed E-state index contributed by atoms with van der Waals surface area (Å²) in [5.74, 6) is -0.253. The molecular weight excluding hydrogens is 453 g/mol. The number of amides is 1. The van der Waals surface area contributed by atoms with E-state index in [1.165, 1.54) is 23.8 Å². The molecule has 0 radical (unpaired) electrons. The molecule has 1 aliphatic rings. The van der Waals surface area contributed by atoms with Crippen molar-refractivity contribution in [3.63, 3.8) is 0 Å². The van der Waals surface area contributed by atoms with Crippen LogP contribution in [0.1, 0.15) is 47.3 Å². The summed E-state index contributed by atoms with van der Waals surface area (Å²) in [6, 6.07) is 22.7. The van der Waals surface area contributed by atoms with Crippen molar-refractivity contribution in [2.24, 2.45) is 0 Å².